The summed E-state index contributed by atoms with van der Waals surface area (Å²) in [6.45, 7) is 2.18. The average Bonchev–Trinajstić information content (AvgIpc) is 2.46. The summed E-state index contributed by atoms with van der Waals surface area (Å²) in [5.41, 5.74) is 0.123. The van der Waals surface area contributed by atoms with Crippen LogP contribution in [0.2, 0.25) is 0 Å². The van der Waals surface area contributed by atoms with Gasteiger partial charge in [0.15, 0.2) is 19.7 Å². The number of hydrogen-bond donors (Lipinski definition) is 0. The van der Waals surface area contributed by atoms with E-state index in [1.807, 2.05) is 0 Å². The van der Waals surface area contributed by atoms with Crippen molar-refractivity contribution in [1.82, 2.24) is 0 Å². The monoisotopic (exact) mass is 344 g/mol. The van der Waals surface area contributed by atoms with Crippen LogP contribution in [0, 0.1) is 5.41 Å². The first-order valence-corrected chi connectivity index (χ1v) is 11.2. The predicted octanol–water partition coefficient (Wildman–Crippen LogP) is 3.22. The summed E-state index contributed by atoms with van der Waals surface area (Å²) in [7, 11) is -6.65. The maximum Gasteiger partial charge on any atom is 0.178 e. The molecule has 0 aromatic heterocycles. The van der Waals surface area contributed by atoms with Crippen LogP contribution in [0.3, 0.4) is 0 Å². The van der Waals surface area contributed by atoms with Crippen LogP contribution < -0.4 is 0 Å². The molecule has 0 spiro atoms. The average molecular weight is 344 g/mol. The smallest absolute Gasteiger partial charge is 0.178 e. The van der Waals surface area contributed by atoms with Gasteiger partial charge in [0.2, 0.25) is 0 Å². The van der Waals surface area contributed by atoms with Crippen molar-refractivity contribution in [2.24, 2.45) is 5.41 Å². The summed E-state index contributed by atoms with van der Waals surface area (Å²) in [6.07, 6.45) is 7.57. The van der Waals surface area contributed by atoms with Crippen LogP contribution in [0.1, 0.15) is 45.4 Å². The molecule has 0 radical (unpaired) electrons. The van der Waals surface area contributed by atoms with Gasteiger partial charge in [0, 0.05) is 6.26 Å². The third-order valence-corrected chi connectivity index (χ3v) is 7.51. The van der Waals surface area contributed by atoms with Crippen LogP contribution in [0.5, 0.6) is 0 Å². The number of sulfone groups is 2. The van der Waals surface area contributed by atoms with Crippen LogP contribution in [-0.4, -0.2) is 28.8 Å². The lowest BCUT2D eigenvalue weighted by Crippen LogP contribution is -2.23. The van der Waals surface area contributed by atoms with Crippen molar-refractivity contribution >= 4 is 19.7 Å². The van der Waals surface area contributed by atoms with E-state index in [1.54, 1.807) is 0 Å². The van der Waals surface area contributed by atoms with Crippen molar-refractivity contribution in [2.75, 3.05) is 12.0 Å². The molecular formula is C16H24O4S2. The minimum absolute atomic E-state index is 0.123. The molecule has 1 aromatic rings. The maximum absolute atomic E-state index is 12.4. The van der Waals surface area contributed by atoms with Gasteiger partial charge in [-0.15, -0.1) is 0 Å². The highest BCUT2D eigenvalue weighted by Gasteiger charge is 2.29. The molecule has 1 saturated carbocycles. The first-order valence-electron chi connectivity index (χ1n) is 7.65. The highest BCUT2D eigenvalue weighted by atomic mass is 32.2. The van der Waals surface area contributed by atoms with Gasteiger partial charge in [-0.2, -0.15) is 0 Å². The molecule has 1 fully saturated rings. The Hall–Kier alpha value is -0.880. The summed E-state index contributed by atoms with van der Waals surface area (Å²) >= 11 is 0. The summed E-state index contributed by atoms with van der Waals surface area (Å²) in [4.78, 5) is 0.352. The van der Waals surface area contributed by atoms with E-state index in [0.717, 1.165) is 19.1 Å². The van der Waals surface area contributed by atoms with E-state index in [0.29, 0.717) is 6.42 Å². The van der Waals surface area contributed by atoms with E-state index in [4.69, 9.17) is 0 Å². The second-order valence-corrected chi connectivity index (χ2v) is 10.8. The molecule has 0 unspecified atom stereocenters. The number of hydrogen-bond acceptors (Lipinski definition) is 4. The number of benzene rings is 1. The normalized spacial score (nSPS) is 19.0. The third-order valence-electron chi connectivity index (χ3n) is 4.65. The molecule has 0 heterocycles. The van der Waals surface area contributed by atoms with E-state index in [1.165, 1.54) is 43.5 Å². The van der Waals surface area contributed by atoms with Gasteiger partial charge in [0.25, 0.3) is 0 Å². The Kier molecular flexibility index (Phi) is 5.02. The van der Waals surface area contributed by atoms with Crippen LogP contribution in [0.15, 0.2) is 34.1 Å². The Labute approximate surface area is 133 Å². The molecule has 0 atom stereocenters. The molecule has 124 valence electrons. The van der Waals surface area contributed by atoms with Crippen molar-refractivity contribution in [3.8, 4) is 0 Å². The van der Waals surface area contributed by atoms with Crippen molar-refractivity contribution in [3.63, 3.8) is 0 Å². The van der Waals surface area contributed by atoms with Gasteiger partial charge in [-0.05, 0) is 48.9 Å². The minimum atomic E-state index is -3.35. The Morgan fingerprint density at radius 2 is 1.41 bits per heavy atom. The first kappa shape index (κ1) is 17.5. The molecule has 0 bridgehead atoms. The van der Waals surface area contributed by atoms with Gasteiger partial charge in [-0.1, -0.05) is 26.2 Å². The number of rotatable bonds is 5. The lowest BCUT2D eigenvalue weighted by molar-refractivity contribution is 0.209. The Morgan fingerprint density at radius 1 is 0.909 bits per heavy atom. The Morgan fingerprint density at radius 3 is 1.91 bits per heavy atom. The van der Waals surface area contributed by atoms with Crippen molar-refractivity contribution in [1.29, 1.82) is 0 Å². The zero-order valence-electron chi connectivity index (χ0n) is 13.2. The summed E-state index contributed by atoms with van der Waals surface area (Å²) in [5.74, 6) is 0.127. The van der Waals surface area contributed by atoms with Crippen molar-refractivity contribution in [2.45, 2.75) is 55.2 Å². The minimum Gasteiger partial charge on any atom is -0.224 e. The van der Waals surface area contributed by atoms with E-state index < -0.39 is 19.7 Å². The summed E-state index contributed by atoms with van der Waals surface area (Å²) in [5, 5.41) is 0. The van der Waals surface area contributed by atoms with Gasteiger partial charge >= 0.3 is 0 Å². The molecule has 0 saturated heterocycles. The highest BCUT2D eigenvalue weighted by Crippen LogP contribution is 2.39. The summed E-state index contributed by atoms with van der Waals surface area (Å²) in [6, 6.07) is 5.53. The molecule has 1 aliphatic rings. The maximum atomic E-state index is 12.4. The van der Waals surface area contributed by atoms with Gasteiger partial charge < -0.3 is 0 Å². The van der Waals surface area contributed by atoms with Crippen LogP contribution >= 0.6 is 0 Å². The molecule has 0 N–H and O–H groups in total. The van der Waals surface area contributed by atoms with E-state index in [-0.39, 0.29) is 21.0 Å². The standard InChI is InChI=1S/C16H24O4S2/c1-16(10-4-3-5-11-16)12-13-22(19,20)15-8-6-14(7-9-15)21(2,17)18/h6-9H,3-5,10-13H2,1-2H3. The Bertz CT molecular complexity index is 710. The van der Waals surface area contributed by atoms with Crippen LogP contribution in [0.25, 0.3) is 0 Å². The molecule has 0 aliphatic heterocycles. The third kappa shape index (κ3) is 4.32. The fourth-order valence-corrected chi connectivity index (χ4v) is 5.23. The molecule has 22 heavy (non-hydrogen) atoms. The lowest BCUT2D eigenvalue weighted by Gasteiger charge is -2.33. The summed E-state index contributed by atoms with van der Waals surface area (Å²) < 4.78 is 47.7. The highest BCUT2D eigenvalue weighted by molar-refractivity contribution is 7.91. The fraction of sp³-hybridized carbons (Fsp3) is 0.625. The molecular weight excluding hydrogens is 320 g/mol. The second kappa shape index (κ2) is 6.32. The zero-order valence-corrected chi connectivity index (χ0v) is 14.8. The van der Waals surface area contributed by atoms with E-state index >= 15 is 0 Å². The van der Waals surface area contributed by atoms with Crippen molar-refractivity contribution in [3.05, 3.63) is 24.3 Å². The first-order chi connectivity index (χ1) is 10.1. The quantitative estimate of drug-likeness (QED) is 0.822. The molecule has 4 nitrogen and oxygen atoms in total. The topological polar surface area (TPSA) is 68.3 Å². The van der Waals surface area contributed by atoms with Crippen molar-refractivity contribution < 1.29 is 16.8 Å². The zero-order chi connectivity index (χ0) is 16.4. The molecule has 2 rings (SSSR count). The largest absolute Gasteiger partial charge is 0.224 e. The van der Waals surface area contributed by atoms with Gasteiger partial charge in [0.05, 0.1) is 15.5 Å². The SMILES string of the molecule is CC1(CCS(=O)(=O)c2ccc(S(C)(=O)=O)cc2)CCCCC1. The fourth-order valence-electron chi connectivity index (χ4n) is 3.05. The lowest BCUT2D eigenvalue weighted by atomic mass is 9.74. The van der Waals surface area contributed by atoms with Crippen LogP contribution in [0.4, 0.5) is 0 Å². The van der Waals surface area contributed by atoms with Gasteiger partial charge in [-0.25, -0.2) is 16.8 Å². The van der Waals surface area contributed by atoms with Gasteiger partial charge in [0.1, 0.15) is 0 Å². The molecule has 1 aliphatic carbocycles. The molecule has 6 heteroatoms. The second-order valence-electron chi connectivity index (χ2n) is 6.68. The van der Waals surface area contributed by atoms with Crippen LogP contribution in [-0.2, 0) is 19.7 Å². The Balaban J connectivity index is 2.10. The van der Waals surface area contributed by atoms with E-state index in [9.17, 15) is 16.8 Å². The molecule has 0 amide bonds. The van der Waals surface area contributed by atoms with Gasteiger partial charge in [-0.3, -0.25) is 0 Å². The molecule has 1 aromatic carbocycles. The van der Waals surface area contributed by atoms with E-state index in [2.05, 4.69) is 6.92 Å². The predicted molar refractivity (Wildman–Crippen MR) is 87.4 cm³/mol.